The Kier molecular flexibility index (Phi) is 6.05. The van der Waals surface area contributed by atoms with Crippen LogP contribution in [-0.4, -0.2) is 43.3 Å². The van der Waals surface area contributed by atoms with Gasteiger partial charge in [0, 0.05) is 31.6 Å². The lowest BCUT2D eigenvalue weighted by molar-refractivity contribution is -0.157. The molecule has 1 heterocycles. The SMILES string of the molecule is CCOc1ccc(C2(CNC(=O)CC3(C(=O)O)CCC3)CCOCC2)cc1. The highest BCUT2D eigenvalue weighted by molar-refractivity contribution is 5.85. The molecule has 6 heteroatoms. The minimum Gasteiger partial charge on any atom is -0.494 e. The normalized spacial score (nSPS) is 20.3. The summed E-state index contributed by atoms with van der Waals surface area (Å²) >= 11 is 0. The zero-order chi connectivity index (χ0) is 19.3. The lowest BCUT2D eigenvalue weighted by Crippen LogP contribution is -2.47. The third kappa shape index (κ3) is 4.26. The van der Waals surface area contributed by atoms with Gasteiger partial charge in [0.2, 0.25) is 5.91 Å². The molecule has 0 atom stereocenters. The number of benzene rings is 1. The number of aliphatic carboxylic acids is 1. The first-order valence-corrected chi connectivity index (χ1v) is 9.81. The molecule has 1 saturated heterocycles. The van der Waals surface area contributed by atoms with Crippen LogP contribution < -0.4 is 10.1 Å². The number of hydrogen-bond acceptors (Lipinski definition) is 4. The summed E-state index contributed by atoms with van der Waals surface area (Å²) in [4.78, 5) is 24.0. The molecule has 1 aromatic rings. The molecule has 148 valence electrons. The average molecular weight is 375 g/mol. The van der Waals surface area contributed by atoms with E-state index in [1.54, 1.807) is 0 Å². The van der Waals surface area contributed by atoms with E-state index in [1.165, 1.54) is 0 Å². The van der Waals surface area contributed by atoms with Gasteiger partial charge in [0.05, 0.1) is 12.0 Å². The molecular formula is C21H29NO5. The van der Waals surface area contributed by atoms with E-state index in [-0.39, 0.29) is 17.7 Å². The van der Waals surface area contributed by atoms with Gasteiger partial charge in [-0.25, -0.2) is 0 Å². The van der Waals surface area contributed by atoms with Crippen LogP contribution in [0.25, 0.3) is 0 Å². The van der Waals surface area contributed by atoms with E-state index in [1.807, 2.05) is 19.1 Å². The summed E-state index contributed by atoms with van der Waals surface area (Å²) in [7, 11) is 0. The standard InChI is InChI=1S/C21H29NO5/c1-2-27-17-6-4-16(5-7-17)21(10-12-26-13-11-21)15-22-18(23)14-20(19(24)25)8-3-9-20/h4-7H,2-3,8-15H2,1H3,(H,22,23)(H,24,25). The molecule has 6 nitrogen and oxygen atoms in total. The molecule has 3 rings (SSSR count). The minimum absolute atomic E-state index is 0.0676. The van der Waals surface area contributed by atoms with Gasteiger partial charge in [0.15, 0.2) is 0 Å². The van der Waals surface area contributed by atoms with Crippen molar-refractivity contribution in [2.45, 2.75) is 50.9 Å². The largest absolute Gasteiger partial charge is 0.494 e. The summed E-state index contributed by atoms with van der Waals surface area (Å²) in [5, 5.41) is 12.5. The van der Waals surface area contributed by atoms with Gasteiger partial charge >= 0.3 is 5.97 Å². The van der Waals surface area contributed by atoms with Crippen LogP contribution in [0.4, 0.5) is 0 Å². The van der Waals surface area contributed by atoms with Gasteiger partial charge in [-0.1, -0.05) is 18.6 Å². The molecule has 2 N–H and O–H groups in total. The van der Waals surface area contributed by atoms with Crippen LogP contribution in [0.5, 0.6) is 5.75 Å². The predicted molar refractivity (Wildman–Crippen MR) is 101 cm³/mol. The summed E-state index contributed by atoms with van der Waals surface area (Å²) in [6, 6.07) is 8.05. The Morgan fingerprint density at radius 2 is 1.81 bits per heavy atom. The van der Waals surface area contributed by atoms with E-state index in [0.29, 0.717) is 39.2 Å². The lowest BCUT2D eigenvalue weighted by Gasteiger charge is -2.39. The Hall–Kier alpha value is -2.08. The zero-order valence-electron chi connectivity index (χ0n) is 16.0. The van der Waals surface area contributed by atoms with Crippen LogP contribution in [0.2, 0.25) is 0 Å². The van der Waals surface area contributed by atoms with Crippen molar-refractivity contribution < 1.29 is 24.2 Å². The molecule has 2 fully saturated rings. The molecule has 1 aliphatic carbocycles. The van der Waals surface area contributed by atoms with E-state index in [4.69, 9.17) is 9.47 Å². The van der Waals surface area contributed by atoms with Crippen molar-refractivity contribution in [2.24, 2.45) is 5.41 Å². The molecule has 1 amide bonds. The second-order valence-electron chi connectivity index (χ2n) is 7.74. The highest BCUT2D eigenvalue weighted by Gasteiger charge is 2.46. The molecule has 2 aliphatic rings. The number of carbonyl (C=O) groups is 2. The minimum atomic E-state index is -0.855. The van der Waals surface area contributed by atoms with Crippen molar-refractivity contribution in [2.75, 3.05) is 26.4 Å². The second-order valence-corrected chi connectivity index (χ2v) is 7.74. The number of rotatable bonds is 8. The number of carboxylic acid groups (broad SMARTS) is 1. The summed E-state index contributed by atoms with van der Waals surface area (Å²) in [6.45, 7) is 4.39. The Bertz CT molecular complexity index is 660. The van der Waals surface area contributed by atoms with Gasteiger partial charge in [0.1, 0.15) is 5.75 Å². The topological polar surface area (TPSA) is 84.9 Å². The van der Waals surface area contributed by atoms with Crippen LogP contribution in [0, 0.1) is 5.41 Å². The van der Waals surface area contributed by atoms with E-state index < -0.39 is 11.4 Å². The number of hydrogen-bond donors (Lipinski definition) is 2. The molecule has 1 aromatic carbocycles. The molecule has 0 aromatic heterocycles. The number of carboxylic acids is 1. The Morgan fingerprint density at radius 1 is 1.15 bits per heavy atom. The average Bonchev–Trinajstić information content (AvgIpc) is 2.64. The number of nitrogens with one attached hydrogen (secondary N) is 1. The Labute approximate surface area is 160 Å². The third-order valence-electron chi connectivity index (χ3n) is 6.11. The molecule has 1 aliphatic heterocycles. The van der Waals surface area contributed by atoms with Crippen LogP contribution in [-0.2, 0) is 19.7 Å². The summed E-state index contributed by atoms with van der Waals surface area (Å²) in [5.74, 6) is -0.189. The summed E-state index contributed by atoms with van der Waals surface area (Å²) < 4.78 is 11.1. The molecule has 0 radical (unpaired) electrons. The van der Waals surface area contributed by atoms with Crippen molar-refractivity contribution in [3.63, 3.8) is 0 Å². The molecule has 0 unspecified atom stereocenters. The van der Waals surface area contributed by atoms with Gasteiger partial charge in [-0.2, -0.15) is 0 Å². The molecule has 0 bridgehead atoms. The first-order valence-electron chi connectivity index (χ1n) is 9.81. The van der Waals surface area contributed by atoms with Crippen LogP contribution in [0.1, 0.15) is 51.0 Å². The zero-order valence-corrected chi connectivity index (χ0v) is 16.0. The summed E-state index contributed by atoms with van der Waals surface area (Å²) in [6.07, 6.45) is 3.78. The fraction of sp³-hybridized carbons (Fsp3) is 0.619. The Balaban J connectivity index is 1.67. The number of amides is 1. The second kappa shape index (κ2) is 8.30. The lowest BCUT2D eigenvalue weighted by atomic mass is 9.66. The van der Waals surface area contributed by atoms with Crippen LogP contribution >= 0.6 is 0 Å². The first kappa shape index (κ1) is 19.7. The smallest absolute Gasteiger partial charge is 0.310 e. The quantitative estimate of drug-likeness (QED) is 0.730. The van der Waals surface area contributed by atoms with Crippen molar-refractivity contribution in [1.82, 2.24) is 5.32 Å². The highest BCUT2D eigenvalue weighted by Crippen LogP contribution is 2.44. The third-order valence-corrected chi connectivity index (χ3v) is 6.11. The molecule has 1 saturated carbocycles. The summed E-state index contributed by atoms with van der Waals surface area (Å²) in [5.41, 5.74) is 0.118. The monoisotopic (exact) mass is 375 g/mol. The molecular weight excluding hydrogens is 346 g/mol. The van der Waals surface area contributed by atoms with Crippen molar-refractivity contribution in [3.8, 4) is 5.75 Å². The van der Waals surface area contributed by atoms with Gasteiger partial charge < -0.3 is 19.9 Å². The number of carbonyl (C=O) groups excluding carboxylic acids is 1. The molecule has 27 heavy (non-hydrogen) atoms. The number of ether oxygens (including phenoxy) is 2. The van der Waals surface area contributed by atoms with Crippen molar-refractivity contribution in [3.05, 3.63) is 29.8 Å². The maximum absolute atomic E-state index is 12.5. The van der Waals surface area contributed by atoms with Gasteiger partial charge in [0.25, 0.3) is 0 Å². The van der Waals surface area contributed by atoms with E-state index in [2.05, 4.69) is 17.4 Å². The van der Waals surface area contributed by atoms with Crippen molar-refractivity contribution >= 4 is 11.9 Å². The first-order chi connectivity index (χ1) is 13.0. The van der Waals surface area contributed by atoms with Crippen LogP contribution in [0.3, 0.4) is 0 Å². The maximum Gasteiger partial charge on any atom is 0.310 e. The highest BCUT2D eigenvalue weighted by atomic mass is 16.5. The van der Waals surface area contributed by atoms with E-state index in [0.717, 1.165) is 30.6 Å². The van der Waals surface area contributed by atoms with Crippen molar-refractivity contribution in [1.29, 1.82) is 0 Å². The fourth-order valence-corrected chi connectivity index (χ4v) is 4.11. The molecule has 0 spiro atoms. The predicted octanol–water partition coefficient (Wildman–Crippen LogP) is 2.89. The van der Waals surface area contributed by atoms with Gasteiger partial charge in [-0.05, 0) is 50.3 Å². The van der Waals surface area contributed by atoms with Gasteiger partial charge in [-0.3, -0.25) is 9.59 Å². The fourth-order valence-electron chi connectivity index (χ4n) is 4.11. The van der Waals surface area contributed by atoms with Crippen LogP contribution in [0.15, 0.2) is 24.3 Å². The Morgan fingerprint density at radius 3 is 2.33 bits per heavy atom. The maximum atomic E-state index is 12.5. The van der Waals surface area contributed by atoms with E-state index in [9.17, 15) is 14.7 Å². The van der Waals surface area contributed by atoms with E-state index >= 15 is 0 Å². The van der Waals surface area contributed by atoms with Gasteiger partial charge in [-0.15, -0.1) is 0 Å².